The molecular formula is C25H28FNO3. The quantitative estimate of drug-likeness (QED) is 0.705. The van der Waals surface area contributed by atoms with Gasteiger partial charge < -0.3 is 14.2 Å². The second-order valence-corrected chi connectivity index (χ2v) is 8.67. The molecule has 3 fully saturated rings. The third-order valence-electron chi connectivity index (χ3n) is 7.04. The predicted octanol–water partition coefficient (Wildman–Crippen LogP) is 5.10. The summed E-state index contributed by atoms with van der Waals surface area (Å²) in [4.78, 5) is 4.58. The maximum absolute atomic E-state index is 13.5. The molecule has 0 radical (unpaired) electrons. The Morgan fingerprint density at radius 3 is 2.73 bits per heavy atom. The maximum atomic E-state index is 13.5. The molecule has 2 heterocycles. The van der Waals surface area contributed by atoms with E-state index in [0.717, 1.165) is 42.5 Å². The fourth-order valence-corrected chi connectivity index (χ4v) is 5.61. The van der Waals surface area contributed by atoms with Crippen LogP contribution in [0.5, 0.6) is 0 Å². The Morgan fingerprint density at radius 1 is 1.13 bits per heavy atom. The van der Waals surface area contributed by atoms with Crippen LogP contribution in [0.4, 0.5) is 4.39 Å². The molecular weight excluding hydrogens is 381 g/mol. The van der Waals surface area contributed by atoms with E-state index in [-0.39, 0.29) is 11.7 Å². The van der Waals surface area contributed by atoms with Gasteiger partial charge in [0.25, 0.3) is 0 Å². The van der Waals surface area contributed by atoms with Crippen LogP contribution in [-0.2, 0) is 14.2 Å². The van der Waals surface area contributed by atoms with Gasteiger partial charge in [0.1, 0.15) is 5.82 Å². The largest absolute Gasteiger partial charge is 0.381 e. The minimum atomic E-state index is -0.490. The minimum absolute atomic E-state index is 0.229. The predicted molar refractivity (Wildman–Crippen MR) is 113 cm³/mol. The molecule has 158 valence electrons. The van der Waals surface area contributed by atoms with Gasteiger partial charge >= 0.3 is 0 Å². The molecule has 2 aliphatic carbocycles. The zero-order valence-corrected chi connectivity index (χ0v) is 17.3. The summed E-state index contributed by atoms with van der Waals surface area (Å²) in [5.74, 6) is 0.623. The second kappa shape index (κ2) is 8.22. The highest BCUT2D eigenvalue weighted by Gasteiger charge is 2.57. The SMILES string of the molecule is CO[C@H]1CC[C@@H]2[C@H](C1)CC1(OCCO1)[C@H]2/C=C/c1ccc(-c2cccc(F)c2)cn1. The smallest absolute Gasteiger partial charge is 0.175 e. The number of methoxy groups -OCH3 is 1. The van der Waals surface area contributed by atoms with Crippen LogP contribution in [0.25, 0.3) is 17.2 Å². The second-order valence-electron chi connectivity index (χ2n) is 8.67. The molecule has 0 amide bonds. The van der Waals surface area contributed by atoms with Gasteiger partial charge in [0.15, 0.2) is 5.79 Å². The van der Waals surface area contributed by atoms with Gasteiger partial charge in [-0.25, -0.2) is 4.39 Å². The number of fused-ring (bicyclic) bond motifs is 1. The molecule has 5 heteroatoms. The highest BCUT2D eigenvalue weighted by atomic mass is 19.1. The summed E-state index contributed by atoms with van der Waals surface area (Å²) in [6, 6.07) is 10.6. The summed E-state index contributed by atoms with van der Waals surface area (Å²) < 4.78 is 31.5. The summed E-state index contributed by atoms with van der Waals surface area (Å²) in [7, 11) is 1.81. The van der Waals surface area contributed by atoms with Crippen LogP contribution < -0.4 is 0 Å². The van der Waals surface area contributed by atoms with Crippen LogP contribution >= 0.6 is 0 Å². The lowest BCUT2D eigenvalue weighted by atomic mass is 9.76. The molecule has 1 aliphatic heterocycles. The first-order chi connectivity index (χ1) is 14.7. The molecule has 2 aromatic rings. The first-order valence-electron chi connectivity index (χ1n) is 10.9. The number of nitrogens with zero attached hydrogens (tertiary/aromatic N) is 1. The van der Waals surface area contributed by atoms with E-state index >= 15 is 0 Å². The molecule has 1 saturated heterocycles. The lowest BCUT2D eigenvalue weighted by Gasteiger charge is -2.33. The number of ether oxygens (including phenoxy) is 3. The van der Waals surface area contributed by atoms with E-state index < -0.39 is 5.79 Å². The van der Waals surface area contributed by atoms with E-state index in [1.807, 2.05) is 25.3 Å². The number of rotatable bonds is 4. The normalized spacial score (nSPS) is 30.2. The summed E-state index contributed by atoms with van der Waals surface area (Å²) in [6.07, 6.45) is 10.7. The van der Waals surface area contributed by atoms with Crippen molar-refractivity contribution in [1.29, 1.82) is 0 Å². The molecule has 0 unspecified atom stereocenters. The van der Waals surface area contributed by atoms with Crippen molar-refractivity contribution < 1.29 is 18.6 Å². The molecule has 1 aromatic carbocycles. The van der Waals surface area contributed by atoms with Crippen molar-refractivity contribution in [3.63, 3.8) is 0 Å². The molecule has 1 aromatic heterocycles. The summed E-state index contributed by atoms with van der Waals surface area (Å²) >= 11 is 0. The fourth-order valence-electron chi connectivity index (χ4n) is 5.61. The van der Waals surface area contributed by atoms with Crippen molar-refractivity contribution in [2.45, 2.75) is 37.6 Å². The molecule has 3 aliphatic rings. The summed E-state index contributed by atoms with van der Waals surface area (Å²) in [6.45, 7) is 1.33. The molecule has 1 spiro atoms. The standard InChI is InChI=1S/C25H28FNO3/c1-28-22-8-9-23-19(14-22)15-25(29-11-12-30-25)24(23)10-7-21-6-5-18(16-27-21)17-3-2-4-20(26)13-17/h2-7,10,13,16,19,22-24H,8-9,11-12,14-15H2,1H3/b10-7+/t19-,22+,23-,24+/m1/s1. The zero-order chi connectivity index (χ0) is 20.6. The summed E-state index contributed by atoms with van der Waals surface area (Å²) in [5.41, 5.74) is 2.63. The van der Waals surface area contributed by atoms with Crippen molar-refractivity contribution in [2.75, 3.05) is 20.3 Å². The van der Waals surface area contributed by atoms with E-state index in [2.05, 4.69) is 17.1 Å². The van der Waals surface area contributed by atoms with Crippen molar-refractivity contribution in [3.05, 3.63) is 60.2 Å². The van der Waals surface area contributed by atoms with Crippen LogP contribution in [0.3, 0.4) is 0 Å². The third-order valence-corrected chi connectivity index (χ3v) is 7.04. The van der Waals surface area contributed by atoms with Crippen molar-refractivity contribution >= 4 is 6.08 Å². The van der Waals surface area contributed by atoms with Crippen LogP contribution in [0.2, 0.25) is 0 Å². The van der Waals surface area contributed by atoms with E-state index in [0.29, 0.717) is 31.2 Å². The number of aromatic nitrogens is 1. The highest BCUT2D eigenvalue weighted by Crippen LogP contribution is 2.55. The Labute approximate surface area is 177 Å². The Bertz CT molecular complexity index is 907. The van der Waals surface area contributed by atoms with Gasteiger partial charge in [-0.3, -0.25) is 4.98 Å². The van der Waals surface area contributed by atoms with Crippen molar-refractivity contribution in [2.24, 2.45) is 17.8 Å². The Morgan fingerprint density at radius 2 is 2.00 bits per heavy atom. The van der Waals surface area contributed by atoms with Crippen molar-refractivity contribution in [3.8, 4) is 11.1 Å². The highest BCUT2D eigenvalue weighted by molar-refractivity contribution is 5.63. The van der Waals surface area contributed by atoms with Crippen LogP contribution in [0.1, 0.15) is 31.4 Å². The van der Waals surface area contributed by atoms with E-state index in [1.54, 1.807) is 12.3 Å². The Kier molecular flexibility index (Phi) is 5.44. The van der Waals surface area contributed by atoms with Gasteiger partial charge in [-0.15, -0.1) is 0 Å². The number of benzene rings is 1. The average Bonchev–Trinajstić information content (AvgIpc) is 3.36. The van der Waals surface area contributed by atoms with Crippen molar-refractivity contribution in [1.82, 2.24) is 4.98 Å². The number of halogens is 1. The minimum Gasteiger partial charge on any atom is -0.381 e. The summed E-state index contributed by atoms with van der Waals surface area (Å²) in [5, 5.41) is 0. The Hall–Kier alpha value is -2.08. The van der Waals surface area contributed by atoms with Crippen LogP contribution in [-0.4, -0.2) is 37.2 Å². The van der Waals surface area contributed by atoms with Gasteiger partial charge in [-0.05, 0) is 60.9 Å². The maximum Gasteiger partial charge on any atom is 0.175 e. The fraction of sp³-hybridized carbons (Fsp3) is 0.480. The third kappa shape index (κ3) is 3.70. The molecule has 0 bridgehead atoms. The molecule has 5 rings (SSSR count). The van der Waals surface area contributed by atoms with E-state index in [9.17, 15) is 4.39 Å². The molecule has 30 heavy (non-hydrogen) atoms. The Balaban J connectivity index is 1.35. The van der Waals surface area contributed by atoms with E-state index in [4.69, 9.17) is 14.2 Å². The van der Waals surface area contributed by atoms with Gasteiger partial charge in [0.05, 0.1) is 25.0 Å². The first-order valence-corrected chi connectivity index (χ1v) is 10.9. The molecule has 4 atom stereocenters. The van der Waals surface area contributed by atoms with Gasteiger partial charge in [0, 0.05) is 31.2 Å². The lowest BCUT2D eigenvalue weighted by molar-refractivity contribution is -0.175. The van der Waals surface area contributed by atoms with Crippen LogP contribution in [0.15, 0.2) is 48.7 Å². The van der Waals surface area contributed by atoms with Crippen LogP contribution in [0, 0.1) is 23.6 Å². The lowest BCUT2D eigenvalue weighted by Crippen LogP contribution is -2.35. The van der Waals surface area contributed by atoms with Gasteiger partial charge in [0.2, 0.25) is 0 Å². The first kappa shape index (κ1) is 19.9. The number of hydrogen-bond acceptors (Lipinski definition) is 4. The topological polar surface area (TPSA) is 40.6 Å². The molecule has 4 nitrogen and oxygen atoms in total. The number of pyridine rings is 1. The monoisotopic (exact) mass is 409 g/mol. The van der Waals surface area contributed by atoms with Gasteiger partial charge in [-0.2, -0.15) is 0 Å². The average molecular weight is 410 g/mol. The zero-order valence-electron chi connectivity index (χ0n) is 17.3. The molecule has 0 N–H and O–H groups in total. The number of hydrogen-bond donors (Lipinski definition) is 0. The van der Waals surface area contributed by atoms with Gasteiger partial charge in [-0.1, -0.05) is 24.3 Å². The molecule has 2 saturated carbocycles. The van der Waals surface area contributed by atoms with E-state index in [1.165, 1.54) is 12.1 Å².